The fraction of sp³-hybridized carbons (Fsp3) is 0.750. The Morgan fingerprint density at radius 1 is 1.62 bits per heavy atom. The van der Waals surface area contributed by atoms with E-state index in [0.29, 0.717) is 18.2 Å². The summed E-state index contributed by atoms with van der Waals surface area (Å²) < 4.78 is 5.95. The first kappa shape index (κ1) is 12.0. The number of likely N-dealkylation sites (N-methyl/N-ethyl adjacent to an activating group) is 1. The highest BCUT2D eigenvalue weighted by Gasteiger charge is 2.29. The second-order valence-corrected chi connectivity index (χ2v) is 5.37. The van der Waals surface area contributed by atoms with Gasteiger partial charge in [0.25, 0.3) is 0 Å². The smallest absolute Gasteiger partial charge is 0.0794 e. The molecule has 0 radical (unpaired) electrons. The number of hydrogen-bond acceptors (Lipinski definition) is 4. The van der Waals surface area contributed by atoms with Crippen LogP contribution in [-0.4, -0.2) is 29.8 Å². The Balaban J connectivity index is 1.94. The highest BCUT2D eigenvalue weighted by molar-refractivity contribution is 7.09. The Labute approximate surface area is 101 Å². The summed E-state index contributed by atoms with van der Waals surface area (Å²) in [5.74, 6) is 0. The maximum Gasteiger partial charge on any atom is 0.0794 e. The van der Waals surface area contributed by atoms with Crippen LogP contribution in [0.15, 0.2) is 11.7 Å². The average molecular weight is 240 g/mol. The van der Waals surface area contributed by atoms with E-state index >= 15 is 0 Å². The lowest BCUT2D eigenvalue weighted by Crippen LogP contribution is -2.41. The molecule has 0 aliphatic carbocycles. The highest BCUT2D eigenvalue weighted by Crippen LogP contribution is 2.24. The van der Waals surface area contributed by atoms with Gasteiger partial charge in [-0.15, -0.1) is 11.3 Å². The number of rotatable bonds is 5. The molecule has 4 heteroatoms. The molecule has 3 unspecified atom stereocenters. The normalized spacial score (nSPS) is 27.1. The van der Waals surface area contributed by atoms with Gasteiger partial charge < -0.3 is 10.1 Å². The van der Waals surface area contributed by atoms with E-state index in [4.69, 9.17) is 4.74 Å². The van der Waals surface area contributed by atoms with Crippen LogP contribution in [0.3, 0.4) is 0 Å². The Kier molecular flexibility index (Phi) is 4.32. The van der Waals surface area contributed by atoms with Crippen molar-refractivity contribution in [1.82, 2.24) is 10.3 Å². The van der Waals surface area contributed by atoms with Crippen molar-refractivity contribution in [1.29, 1.82) is 0 Å². The zero-order valence-corrected chi connectivity index (χ0v) is 10.8. The van der Waals surface area contributed by atoms with Gasteiger partial charge in [-0.1, -0.05) is 6.92 Å². The lowest BCUT2D eigenvalue weighted by Gasteiger charge is -2.23. The van der Waals surface area contributed by atoms with Crippen molar-refractivity contribution in [3.05, 3.63) is 16.6 Å². The molecule has 16 heavy (non-hydrogen) atoms. The third-order valence-corrected chi connectivity index (χ3v) is 3.89. The third kappa shape index (κ3) is 3.03. The van der Waals surface area contributed by atoms with Crippen LogP contribution in [0.1, 0.15) is 31.6 Å². The van der Waals surface area contributed by atoms with Gasteiger partial charge >= 0.3 is 0 Å². The fourth-order valence-electron chi connectivity index (χ4n) is 2.29. The van der Waals surface area contributed by atoms with Gasteiger partial charge in [0.1, 0.15) is 0 Å². The monoisotopic (exact) mass is 240 g/mol. The van der Waals surface area contributed by atoms with Gasteiger partial charge in [-0.3, -0.25) is 4.98 Å². The summed E-state index contributed by atoms with van der Waals surface area (Å²) in [6.45, 7) is 5.31. The minimum Gasteiger partial charge on any atom is -0.374 e. The third-order valence-electron chi connectivity index (χ3n) is 3.08. The van der Waals surface area contributed by atoms with Crippen molar-refractivity contribution in [2.75, 3.05) is 6.54 Å². The average Bonchev–Trinajstić information content (AvgIpc) is 2.88. The molecule has 1 aromatic rings. The molecule has 90 valence electrons. The molecule has 1 saturated heterocycles. The first-order valence-electron chi connectivity index (χ1n) is 6.05. The van der Waals surface area contributed by atoms with Gasteiger partial charge in [-0.2, -0.15) is 0 Å². The zero-order chi connectivity index (χ0) is 11.4. The quantitative estimate of drug-likeness (QED) is 0.857. The lowest BCUT2D eigenvalue weighted by molar-refractivity contribution is 0.0325. The molecule has 1 N–H and O–H groups in total. The molecule has 2 heterocycles. The Hall–Kier alpha value is -0.450. The van der Waals surface area contributed by atoms with Crippen molar-refractivity contribution < 1.29 is 4.74 Å². The Bertz CT molecular complexity index is 302. The topological polar surface area (TPSA) is 34.2 Å². The Morgan fingerprint density at radius 2 is 2.50 bits per heavy atom. The second-order valence-electron chi connectivity index (χ2n) is 4.40. The van der Waals surface area contributed by atoms with Crippen molar-refractivity contribution in [2.45, 2.75) is 51.4 Å². The first-order valence-corrected chi connectivity index (χ1v) is 6.93. The molecule has 0 aromatic carbocycles. The van der Waals surface area contributed by atoms with Crippen LogP contribution in [-0.2, 0) is 11.2 Å². The summed E-state index contributed by atoms with van der Waals surface area (Å²) in [5, 5.41) is 3.54. The van der Waals surface area contributed by atoms with Crippen LogP contribution in [0.5, 0.6) is 0 Å². The van der Waals surface area contributed by atoms with Crippen LogP contribution < -0.4 is 5.32 Å². The molecule has 0 bridgehead atoms. The first-order chi connectivity index (χ1) is 7.79. The molecule has 0 saturated carbocycles. The molecule has 3 nitrogen and oxygen atoms in total. The van der Waals surface area contributed by atoms with Gasteiger partial charge in [-0.25, -0.2) is 0 Å². The minimum absolute atomic E-state index is 0.372. The standard InChI is InChI=1S/C12H20N2OS/c1-3-14-11(6-10-7-13-8-16-10)12-5-4-9(2)15-12/h7-9,11-12,14H,3-6H2,1-2H3. The van der Waals surface area contributed by atoms with Gasteiger partial charge in [0.2, 0.25) is 0 Å². The number of nitrogens with one attached hydrogen (secondary N) is 1. The lowest BCUT2D eigenvalue weighted by atomic mass is 10.0. The molecular weight excluding hydrogens is 220 g/mol. The summed E-state index contributed by atoms with van der Waals surface area (Å²) in [4.78, 5) is 5.47. The van der Waals surface area contributed by atoms with E-state index in [-0.39, 0.29) is 0 Å². The van der Waals surface area contributed by atoms with E-state index in [1.165, 1.54) is 17.7 Å². The molecule has 3 atom stereocenters. The summed E-state index contributed by atoms with van der Waals surface area (Å²) in [6.07, 6.45) is 6.17. The van der Waals surface area contributed by atoms with Gasteiger partial charge in [-0.05, 0) is 26.3 Å². The van der Waals surface area contributed by atoms with E-state index < -0.39 is 0 Å². The van der Waals surface area contributed by atoms with Crippen LogP contribution >= 0.6 is 11.3 Å². The van der Waals surface area contributed by atoms with Crippen LogP contribution in [0.25, 0.3) is 0 Å². The van der Waals surface area contributed by atoms with E-state index in [1.54, 1.807) is 11.3 Å². The van der Waals surface area contributed by atoms with Crippen molar-refractivity contribution in [3.8, 4) is 0 Å². The summed E-state index contributed by atoms with van der Waals surface area (Å²) in [5.41, 5.74) is 1.90. The second kappa shape index (κ2) is 5.75. The molecule has 1 fully saturated rings. The summed E-state index contributed by atoms with van der Waals surface area (Å²) >= 11 is 1.73. The van der Waals surface area contributed by atoms with Crippen molar-refractivity contribution in [2.24, 2.45) is 0 Å². The zero-order valence-electron chi connectivity index (χ0n) is 9.98. The SMILES string of the molecule is CCNC(Cc1cncs1)C1CCC(C)O1. The number of thiazole rings is 1. The molecule has 0 amide bonds. The molecule has 1 aliphatic heterocycles. The molecule has 1 aromatic heterocycles. The van der Waals surface area contributed by atoms with E-state index in [2.05, 4.69) is 24.1 Å². The van der Waals surface area contributed by atoms with E-state index in [0.717, 1.165) is 13.0 Å². The predicted octanol–water partition coefficient (Wildman–Crippen LogP) is 2.23. The molecule has 1 aliphatic rings. The summed E-state index contributed by atoms with van der Waals surface area (Å²) in [7, 11) is 0. The fourth-order valence-corrected chi connectivity index (χ4v) is 2.94. The van der Waals surface area contributed by atoms with E-state index in [1.807, 2.05) is 11.7 Å². The van der Waals surface area contributed by atoms with Crippen LogP contribution in [0.4, 0.5) is 0 Å². The maximum atomic E-state index is 5.95. The van der Waals surface area contributed by atoms with Crippen molar-refractivity contribution >= 4 is 11.3 Å². The maximum absolute atomic E-state index is 5.95. The molecule has 0 spiro atoms. The number of nitrogens with zero attached hydrogens (tertiary/aromatic N) is 1. The van der Waals surface area contributed by atoms with E-state index in [9.17, 15) is 0 Å². The van der Waals surface area contributed by atoms with Crippen molar-refractivity contribution in [3.63, 3.8) is 0 Å². The molecular formula is C12H20N2OS. The highest BCUT2D eigenvalue weighted by atomic mass is 32.1. The van der Waals surface area contributed by atoms with Crippen LogP contribution in [0.2, 0.25) is 0 Å². The van der Waals surface area contributed by atoms with Crippen LogP contribution in [0, 0.1) is 0 Å². The predicted molar refractivity (Wildman–Crippen MR) is 66.9 cm³/mol. The minimum atomic E-state index is 0.372. The number of ether oxygens (including phenoxy) is 1. The molecule has 2 rings (SSSR count). The summed E-state index contributed by atoms with van der Waals surface area (Å²) in [6, 6.07) is 0.440. The number of aromatic nitrogens is 1. The van der Waals surface area contributed by atoms with Gasteiger partial charge in [0, 0.05) is 23.5 Å². The van der Waals surface area contributed by atoms with Gasteiger partial charge in [0.15, 0.2) is 0 Å². The number of hydrogen-bond donors (Lipinski definition) is 1. The van der Waals surface area contributed by atoms with Gasteiger partial charge in [0.05, 0.1) is 17.7 Å². The Morgan fingerprint density at radius 3 is 3.06 bits per heavy atom. The largest absolute Gasteiger partial charge is 0.374 e.